The number of amides is 1. The monoisotopic (exact) mass is 224 g/mol. The van der Waals surface area contributed by atoms with Gasteiger partial charge in [-0.3, -0.25) is 10.2 Å². The smallest absolute Gasteiger partial charge is 0.267 e. The number of amidine groups is 1. The van der Waals surface area contributed by atoms with Crippen LogP contribution in [0.1, 0.15) is 15.9 Å². The zero-order chi connectivity index (χ0) is 11.8. The molecule has 17 heavy (non-hydrogen) atoms. The van der Waals surface area contributed by atoms with Crippen molar-refractivity contribution in [2.75, 3.05) is 4.90 Å². The highest BCUT2D eigenvalue weighted by atomic mass is 16.2. The molecule has 5 nitrogen and oxygen atoms in total. The van der Waals surface area contributed by atoms with Gasteiger partial charge in [-0.25, -0.2) is 14.9 Å². The summed E-state index contributed by atoms with van der Waals surface area (Å²) in [6.07, 6.45) is 3.10. The number of hydrogen-bond acceptors (Lipinski definition) is 4. The zero-order valence-corrected chi connectivity index (χ0v) is 8.79. The van der Waals surface area contributed by atoms with E-state index in [4.69, 9.17) is 5.41 Å². The Morgan fingerprint density at radius 3 is 2.29 bits per heavy atom. The van der Waals surface area contributed by atoms with E-state index in [9.17, 15) is 4.79 Å². The molecule has 1 amide bonds. The van der Waals surface area contributed by atoms with Crippen molar-refractivity contribution in [3.8, 4) is 0 Å². The first kappa shape index (κ1) is 9.65. The molecule has 0 atom stereocenters. The second-order valence-electron chi connectivity index (χ2n) is 3.58. The van der Waals surface area contributed by atoms with Gasteiger partial charge in [0.2, 0.25) is 5.95 Å². The van der Waals surface area contributed by atoms with Crippen LogP contribution in [0.3, 0.4) is 0 Å². The van der Waals surface area contributed by atoms with E-state index in [0.29, 0.717) is 11.1 Å². The maximum atomic E-state index is 12.1. The van der Waals surface area contributed by atoms with Crippen molar-refractivity contribution in [2.24, 2.45) is 0 Å². The summed E-state index contributed by atoms with van der Waals surface area (Å²) in [5, 5.41) is 7.98. The molecule has 1 aromatic heterocycles. The van der Waals surface area contributed by atoms with E-state index >= 15 is 0 Å². The third-order valence-corrected chi connectivity index (χ3v) is 2.59. The van der Waals surface area contributed by atoms with Crippen molar-refractivity contribution in [1.82, 2.24) is 9.97 Å². The first-order valence-electron chi connectivity index (χ1n) is 5.08. The van der Waals surface area contributed by atoms with Gasteiger partial charge in [0, 0.05) is 18.0 Å². The highest BCUT2D eigenvalue weighted by Crippen LogP contribution is 2.25. The summed E-state index contributed by atoms with van der Waals surface area (Å²) in [6.45, 7) is 0. The summed E-state index contributed by atoms with van der Waals surface area (Å²) in [6, 6.07) is 8.70. The summed E-state index contributed by atoms with van der Waals surface area (Å²) in [5.74, 6) is 0.104. The summed E-state index contributed by atoms with van der Waals surface area (Å²) >= 11 is 0. The van der Waals surface area contributed by atoms with Crippen molar-refractivity contribution in [3.05, 3.63) is 53.9 Å². The SMILES string of the molecule is N=C1c2ccccc2C(=O)N1c1ncccn1. The topological polar surface area (TPSA) is 69.9 Å². The molecule has 0 bridgehead atoms. The van der Waals surface area contributed by atoms with E-state index < -0.39 is 0 Å². The van der Waals surface area contributed by atoms with Gasteiger partial charge in [0.25, 0.3) is 5.91 Å². The Kier molecular flexibility index (Phi) is 1.98. The van der Waals surface area contributed by atoms with Gasteiger partial charge >= 0.3 is 0 Å². The largest absolute Gasteiger partial charge is 0.283 e. The van der Waals surface area contributed by atoms with Crippen LogP contribution in [0.5, 0.6) is 0 Å². The van der Waals surface area contributed by atoms with Crippen LogP contribution in [-0.2, 0) is 0 Å². The van der Waals surface area contributed by atoms with E-state index in [1.165, 1.54) is 4.90 Å². The minimum Gasteiger partial charge on any atom is -0.283 e. The van der Waals surface area contributed by atoms with Crippen molar-refractivity contribution in [1.29, 1.82) is 5.41 Å². The van der Waals surface area contributed by atoms with Crippen molar-refractivity contribution in [2.45, 2.75) is 0 Å². The van der Waals surface area contributed by atoms with Crippen molar-refractivity contribution >= 4 is 17.7 Å². The lowest BCUT2D eigenvalue weighted by Crippen LogP contribution is -2.31. The van der Waals surface area contributed by atoms with Crippen molar-refractivity contribution < 1.29 is 4.79 Å². The molecule has 0 fully saturated rings. The van der Waals surface area contributed by atoms with Crippen LogP contribution in [0.4, 0.5) is 5.95 Å². The number of carbonyl (C=O) groups excluding carboxylic acids is 1. The van der Waals surface area contributed by atoms with Gasteiger partial charge in [-0.05, 0) is 12.1 Å². The average Bonchev–Trinajstić information content (AvgIpc) is 2.64. The fourth-order valence-corrected chi connectivity index (χ4v) is 1.82. The highest BCUT2D eigenvalue weighted by molar-refractivity contribution is 6.34. The average molecular weight is 224 g/mol. The molecule has 3 rings (SSSR count). The minimum atomic E-state index is -0.253. The summed E-state index contributed by atoms with van der Waals surface area (Å²) in [7, 11) is 0. The fourth-order valence-electron chi connectivity index (χ4n) is 1.82. The summed E-state index contributed by atoms with van der Waals surface area (Å²) in [4.78, 5) is 21.3. The molecule has 1 aliphatic rings. The van der Waals surface area contributed by atoms with Crippen LogP contribution in [0.2, 0.25) is 0 Å². The number of aromatic nitrogens is 2. The third-order valence-electron chi connectivity index (χ3n) is 2.59. The molecule has 82 valence electrons. The Hall–Kier alpha value is -2.56. The molecule has 1 aliphatic heterocycles. The van der Waals surface area contributed by atoms with Gasteiger partial charge in [-0.15, -0.1) is 0 Å². The molecule has 5 heteroatoms. The lowest BCUT2D eigenvalue weighted by molar-refractivity contribution is 0.101. The van der Waals surface area contributed by atoms with Gasteiger partial charge in [-0.1, -0.05) is 18.2 Å². The lowest BCUT2D eigenvalue weighted by Gasteiger charge is -2.12. The molecule has 0 saturated carbocycles. The van der Waals surface area contributed by atoms with Crippen LogP contribution in [0.25, 0.3) is 0 Å². The summed E-state index contributed by atoms with van der Waals surface area (Å²) in [5.41, 5.74) is 1.13. The molecule has 2 aromatic rings. The van der Waals surface area contributed by atoms with Crippen LogP contribution in [0.15, 0.2) is 42.7 Å². The van der Waals surface area contributed by atoms with E-state index in [0.717, 1.165) is 0 Å². The number of carbonyl (C=O) groups is 1. The van der Waals surface area contributed by atoms with E-state index in [1.54, 1.807) is 42.7 Å². The predicted octanol–water partition coefficient (Wildman–Crippen LogP) is 1.46. The third kappa shape index (κ3) is 1.32. The number of rotatable bonds is 1. The summed E-state index contributed by atoms with van der Waals surface area (Å²) < 4.78 is 0. The van der Waals surface area contributed by atoms with Gasteiger partial charge in [0.1, 0.15) is 5.84 Å². The van der Waals surface area contributed by atoms with E-state index in [-0.39, 0.29) is 17.7 Å². The second kappa shape index (κ2) is 3.48. The Bertz CT molecular complexity index is 574. The molecule has 1 N–H and O–H groups in total. The molecular formula is C12H8N4O. The van der Waals surface area contributed by atoms with Crippen LogP contribution in [-0.4, -0.2) is 21.7 Å². The molecule has 0 unspecified atom stereocenters. The first-order valence-corrected chi connectivity index (χ1v) is 5.08. The molecule has 0 radical (unpaired) electrons. The molecule has 0 saturated heterocycles. The van der Waals surface area contributed by atoms with Gasteiger partial charge in [-0.2, -0.15) is 0 Å². The lowest BCUT2D eigenvalue weighted by atomic mass is 10.1. The molecule has 0 aliphatic carbocycles. The Morgan fingerprint density at radius 1 is 1.00 bits per heavy atom. The van der Waals surface area contributed by atoms with Crippen LogP contribution < -0.4 is 4.90 Å². The van der Waals surface area contributed by atoms with Gasteiger partial charge in [0.05, 0.1) is 5.56 Å². The quantitative estimate of drug-likeness (QED) is 0.797. The molecule has 0 spiro atoms. The number of benzene rings is 1. The number of anilines is 1. The molecule has 1 aromatic carbocycles. The first-order chi connectivity index (χ1) is 8.29. The number of nitrogens with zero attached hydrogens (tertiary/aromatic N) is 3. The van der Waals surface area contributed by atoms with Crippen LogP contribution in [0, 0.1) is 5.41 Å². The van der Waals surface area contributed by atoms with Gasteiger partial charge < -0.3 is 0 Å². The Balaban J connectivity index is 2.13. The highest BCUT2D eigenvalue weighted by Gasteiger charge is 2.34. The molecule has 2 heterocycles. The normalized spacial score (nSPS) is 14.0. The number of fused-ring (bicyclic) bond motifs is 1. The number of nitrogens with one attached hydrogen (secondary N) is 1. The second-order valence-corrected chi connectivity index (χ2v) is 3.58. The van der Waals surface area contributed by atoms with Gasteiger partial charge in [0.15, 0.2) is 0 Å². The van der Waals surface area contributed by atoms with E-state index in [1.807, 2.05) is 0 Å². The Morgan fingerprint density at radius 2 is 1.65 bits per heavy atom. The van der Waals surface area contributed by atoms with E-state index in [2.05, 4.69) is 9.97 Å². The Labute approximate surface area is 97.3 Å². The minimum absolute atomic E-state index is 0.122. The standard InChI is InChI=1S/C12H8N4O/c13-10-8-4-1-2-5-9(8)11(17)16(10)12-14-6-3-7-15-12/h1-7,13H. The fraction of sp³-hybridized carbons (Fsp3) is 0. The van der Waals surface area contributed by atoms with Crippen LogP contribution >= 0.6 is 0 Å². The maximum Gasteiger partial charge on any atom is 0.267 e. The van der Waals surface area contributed by atoms with Crippen molar-refractivity contribution in [3.63, 3.8) is 0 Å². The zero-order valence-electron chi connectivity index (χ0n) is 8.79. The number of hydrogen-bond donors (Lipinski definition) is 1. The predicted molar refractivity (Wildman–Crippen MR) is 62.1 cm³/mol. The molecular weight excluding hydrogens is 216 g/mol. The maximum absolute atomic E-state index is 12.1.